The molecule has 1 amide bonds. The topological polar surface area (TPSA) is 78.1 Å². The van der Waals surface area contributed by atoms with Gasteiger partial charge in [-0.15, -0.1) is 0 Å². The van der Waals surface area contributed by atoms with Gasteiger partial charge in [0.15, 0.2) is 5.11 Å². The van der Waals surface area contributed by atoms with Crippen LogP contribution in [0.1, 0.15) is 17.3 Å². The molecule has 9 heteroatoms. The fourth-order valence-corrected chi connectivity index (χ4v) is 2.98. The van der Waals surface area contributed by atoms with Crippen LogP contribution in [0.5, 0.6) is 11.5 Å². The van der Waals surface area contributed by atoms with Crippen LogP contribution in [-0.4, -0.2) is 51.2 Å². The zero-order chi connectivity index (χ0) is 21.8. The Morgan fingerprint density at radius 3 is 2.53 bits per heavy atom. The molecule has 0 saturated heterocycles. The molecule has 2 aromatic carbocycles. The van der Waals surface area contributed by atoms with Gasteiger partial charge in [0.2, 0.25) is 0 Å². The number of hydrogen-bond donors (Lipinski definition) is 2. The number of rotatable bonds is 11. The molecule has 0 aliphatic heterocycles. The van der Waals surface area contributed by atoms with E-state index in [1.54, 1.807) is 25.3 Å². The minimum absolute atomic E-state index is 0.142. The van der Waals surface area contributed by atoms with Crippen LogP contribution < -0.4 is 20.1 Å². The van der Waals surface area contributed by atoms with Crippen molar-refractivity contribution < 1.29 is 23.7 Å². The zero-order valence-electron chi connectivity index (χ0n) is 16.9. The van der Waals surface area contributed by atoms with E-state index in [2.05, 4.69) is 26.6 Å². The van der Waals surface area contributed by atoms with Gasteiger partial charge in [0.1, 0.15) is 24.7 Å². The van der Waals surface area contributed by atoms with E-state index in [4.69, 9.17) is 31.2 Å². The quantitative estimate of drug-likeness (QED) is 0.359. The lowest BCUT2D eigenvalue weighted by Crippen LogP contribution is -2.34. The molecule has 2 aromatic rings. The van der Waals surface area contributed by atoms with E-state index in [0.717, 1.165) is 4.47 Å². The summed E-state index contributed by atoms with van der Waals surface area (Å²) < 4.78 is 22.4. The fourth-order valence-electron chi connectivity index (χ4n) is 2.42. The number of thiocarbonyl (C=S) groups is 1. The predicted octanol–water partition coefficient (Wildman–Crippen LogP) is 4.02. The highest BCUT2D eigenvalue weighted by molar-refractivity contribution is 9.10. The first-order chi connectivity index (χ1) is 14.5. The van der Waals surface area contributed by atoms with E-state index in [1.807, 2.05) is 31.2 Å². The van der Waals surface area contributed by atoms with Crippen LogP contribution >= 0.6 is 28.1 Å². The molecule has 0 radical (unpaired) electrons. The van der Waals surface area contributed by atoms with Crippen molar-refractivity contribution in [2.24, 2.45) is 0 Å². The monoisotopic (exact) mass is 496 g/mol. The molecule has 30 heavy (non-hydrogen) atoms. The Balaban J connectivity index is 2.02. The van der Waals surface area contributed by atoms with E-state index in [-0.39, 0.29) is 5.11 Å². The lowest BCUT2D eigenvalue weighted by molar-refractivity contribution is 0.0969. The summed E-state index contributed by atoms with van der Waals surface area (Å²) in [4.78, 5) is 12.8. The lowest BCUT2D eigenvalue weighted by Gasteiger charge is -2.15. The van der Waals surface area contributed by atoms with Gasteiger partial charge in [-0.1, -0.05) is 28.1 Å². The van der Waals surface area contributed by atoms with Crippen LogP contribution in [0.4, 0.5) is 5.69 Å². The first-order valence-electron chi connectivity index (χ1n) is 9.38. The molecule has 0 fully saturated rings. The maximum atomic E-state index is 12.8. The number of nitrogens with one attached hydrogen (secondary N) is 2. The van der Waals surface area contributed by atoms with Crippen molar-refractivity contribution in [2.75, 3.05) is 45.5 Å². The van der Waals surface area contributed by atoms with Crippen LogP contribution in [-0.2, 0) is 9.47 Å². The van der Waals surface area contributed by atoms with Crippen molar-refractivity contribution in [1.82, 2.24) is 5.32 Å². The highest BCUT2D eigenvalue weighted by Gasteiger charge is 2.15. The van der Waals surface area contributed by atoms with Crippen LogP contribution in [0.3, 0.4) is 0 Å². The fraction of sp³-hybridized carbons (Fsp3) is 0.333. The number of hydrogen-bond acceptors (Lipinski definition) is 6. The molecule has 0 saturated carbocycles. The number of ether oxygens (including phenoxy) is 4. The first-order valence-corrected chi connectivity index (χ1v) is 10.6. The van der Waals surface area contributed by atoms with Crippen molar-refractivity contribution in [2.45, 2.75) is 6.92 Å². The Morgan fingerprint density at radius 1 is 1.03 bits per heavy atom. The number of carbonyl (C=O) groups excluding carboxylic acids is 1. The first kappa shape index (κ1) is 24.1. The molecule has 0 unspecified atom stereocenters. The largest absolute Gasteiger partial charge is 0.490 e. The highest BCUT2D eigenvalue weighted by atomic mass is 79.9. The minimum atomic E-state index is -0.393. The van der Waals surface area contributed by atoms with Gasteiger partial charge < -0.3 is 24.3 Å². The number of benzene rings is 2. The Labute approximate surface area is 190 Å². The molecule has 162 valence electrons. The predicted molar refractivity (Wildman–Crippen MR) is 124 cm³/mol. The van der Waals surface area contributed by atoms with Gasteiger partial charge in [-0.25, -0.2) is 0 Å². The van der Waals surface area contributed by atoms with Crippen molar-refractivity contribution in [3.63, 3.8) is 0 Å². The Hall–Kier alpha value is -2.20. The molecule has 0 heterocycles. The zero-order valence-corrected chi connectivity index (χ0v) is 19.3. The average molecular weight is 497 g/mol. The van der Waals surface area contributed by atoms with Gasteiger partial charge >= 0.3 is 0 Å². The van der Waals surface area contributed by atoms with E-state index < -0.39 is 5.91 Å². The summed E-state index contributed by atoms with van der Waals surface area (Å²) in [5.74, 6) is 0.658. The van der Waals surface area contributed by atoms with Crippen molar-refractivity contribution >= 4 is 44.9 Å². The Kier molecular flexibility index (Phi) is 10.6. The van der Waals surface area contributed by atoms with Crippen LogP contribution in [0.25, 0.3) is 0 Å². The molecule has 0 aromatic heterocycles. The van der Waals surface area contributed by atoms with Gasteiger partial charge in [-0.05, 0) is 49.5 Å². The highest BCUT2D eigenvalue weighted by Crippen LogP contribution is 2.25. The molecular weight excluding hydrogens is 472 g/mol. The number of halogens is 1. The summed E-state index contributed by atoms with van der Waals surface area (Å²) in [6.07, 6.45) is 0. The van der Waals surface area contributed by atoms with Gasteiger partial charge in [0.25, 0.3) is 5.91 Å². The molecule has 0 spiro atoms. The van der Waals surface area contributed by atoms with Gasteiger partial charge in [-0.2, -0.15) is 0 Å². The summed E-state index contributed by atoms with van der Waals surface area (Å²) in [5, 5.41) is 5.82. The second-order valence-electron chi connectivity index (χ2n) is 5.93. The number of para-hydroxylation sites is 2. The van der Waals surface area contributed by atoms with Crippen molar-refractivity contribution in [3.8, 4) is 11.5 Å². The third kappa shape index (κ3) is 7.91. The van der Waals surface area contributed by atoms with E-state index in [0.29, 0.717) is 55.8 Å². The molecule has 0 atom stereocenters. The molecule has 0 aliphatic rings. The average Bonchev–Trinajstić information content (AvgIpc) is 2.73. The van der Waals surface area contributed by atoms with Crippen LogP contribution in [0, 0.1) is 0 Å². The molecule has 7 nitrogen and oxygen atoms in total. The second kappa shape index (κ2) is 13.2. The number of amides is 1. The molecule has 2 N–H and O–H groups in total. The second-order valence-corrected chi connectivity index (χ2v) is 7.26. The summed E-state index contributed by atoms with van der Waals surface area (Å²) in [6.45, 7) is 4.19. The summed E-state index contributed by atoms with van der Waals surface area (Å²) >= 11 is 8.69. The third-order valence-electron chi connectivity index (χ3n) is 3.78. The molecule has 2 rings (SSSR count). The smallest absolute Gasteiger partial charge is 0.261 e. The van der Waals surface area contributed by atoms with Gasteiger partial charge in [0.05, 0.1) is 24.5 Å². The lowest BCUT2D eigenvalue weighted by atomic mass is 10.2. The summed E-state index contributed by atoms with van der Waals surface area (Å²) in [7, 11) is 1.58. The Bertz CT molecular complexity index is 850. The normalized spacial score (nSPS) is 10.4. The molecule has 0 bridgehead atoms. The minimum Gasteiger partial charge on any atom is -0.490 e. The van der Waals surface area contributed by atoms with Crippen molar-refractivity contribution in [3.05, 3.63) is 52.5 Å². The van der Waals surface area contributed by atoms with Crippen LogP contribution in [0.15, 0.2) is 46.9 Å². The third-order valence-corrected chi connectivity index (χ3v) is 4.48. The van der Waals surface area contributed by atoms with E-state index >= 15 is 0 Å². The Morgan fingerprint density at radius 2 is 1.77 bits per heavy atom. The van der Waals surface area contributed by atoms with Crippen LogP contribution in [0.2, 0.25) is 0 Å². The van der Waals surface area contributed by atoms with Gasteiger partial charge in [0, 0.05) is 18.2 Å². The van der Waals surface area contributed by atoms with E-state index in [9.17, 15) is 4.79 Å². The number of methoxy groups -OCH3 is 1. The summed E-state index contributed by atoms with van der Waals surface area (Å²) in [6, 6.07) is 12.5. The molecular formula is C21H25BrN2O5S. The number of anilines is 1. The standard InChI is InChI=1S/C21H25BrN2O5S/c1-3-27-11-13-29-19-7-5-4-6-17(19)23-21(30)24-20(25)16-14-15(22)8-9-18(16)28-12-10-26-2/h4-9,14H,3,10-13H2,1-2H3,(H2,23,24,25,30). The van der Waals surface area contributed by atoms with E-state index in [1.165, 1.54) is 0 Å². The summed E-state index contributed by atoms with van der Waals surface area (Å²) in [5.41, 5.74) is 0.996. The maximum absolute atomic E-state index is 12.8. The number of carbonyl (C=O) groups is 1. The van der Waals surface area contributed by atoms with Gasteiger partial charge in [-0.3, -0.25) is 10.1 Å². The SMILES string of the molecule is CCOCCOc1ccccc1NC(=S)NC(=O)c1cc(Br)ccc1OCCOC. The van der Waals surface area contributed by atoms with Crippen molar-refractivity contribution in [1.29, 1.82) is 0 Å². The maximum Gasteiger partial charge on any atom is 0.261 e. The molecule has 0 aliphatic carbocycles.